The summed E-state index contributed by atoms with van der Waals surface area (Å²) in [5.74, 6) is 0.459. The van der Waals surface area contributed by atoms with E-state index in [1.54, 1.807) is 11.6 Å². The highest BCUT2D eigenvalue weighted by molar-refractivity contribution is 7.99. The number of nitrogens with zero attached hydrogens (tertiary/aromatic N) is 3. The molecular formula is C22H25N5O2S. The molecule has 0 aliphatic rings. The molecular weight excluding hydrogens is 398 g/mol. The molecule has 3 rings (SSSR count). The van der Waals surface area contributed by atoms with Crippen molar-refractivity contribution in [1.29, 1.82) is 0 Å². The van der Waals surface area contributed by atoms with Gasteiger partial charge in [0.05, 0.1) is 12.2 Å². The third kappa shape index (κ3) is 5.70. The van der Waals surface area contributed by atoms with Gasteiger partial charge in [-0.3, -0.25) is 9.59 Å². The van der Waals surface area contributed by atoms with Crippen LogP contribution in [0.5, 0.6) is 0 Å². The molecule has 156 valence electrons. The van der Waals surface area contributed by atoms with E-state index < -0.39 is 0 Å². The van der Waals surface area contributed by atoms with Crippen LogP contribution in [-0.2, 0) is 23.1 Å². The van der Waals surface area contributed by atoms with E-state index in [4.69, 9.17) is 0 Å². The summed E-state index contributed by atoms with van der Waals surface area (Å²) in [5, 5.41) is 14.6. The second kappa shape index (κ2) is 9.58. The number of anilines is 2. The molecule has 1 aromatic heterocycles. The van der Waals surface area contributed by atoms with Gasteiger partial charge in [0.25, 0.3) is 0 Å². The molecule has 1 heterocycles. The van der Waals surface area contributed by atoms with E-state index in [2.05, 4.69) is 20.8 Å². The van der Waals surface area contributed by atoms with Gasteiger partial charge >= 0.3 is 0 Å². The Hall–Kier alpha value is -3.13. The fourth-order valence-corrected chi connectivity index (χ4v) is 3.53. The van der Waals surface area contributed by atoms with Crippen molar-refractivity contribution in [3.05, 3.63) is 65.0 Å². The normalized spacial score (nSPS) is 10.7. The first-order chi connectivity index (χ1) is 14.3. The van der Waals surface area contributed by atoms with Crippen LogP contribution in [0.25, 0.3) is 0 Å². The smallest absolute Gasteiger partial charge is 0.234 e. The third-order valence-corrected chi connectivity index (χ3v) is 5.60. The fourth-order valence-electron chi connectivity index (χ4n) is 2.80. The van der Waals surface area contributed by atoms with E-state index in [0.717, 1.165) is 28.1 Å². The quantitative estimate of drug-likeness (QED) is 0.566. The standard InChI is InChI=1S/C22H25N5O2S/c1-14-6-9-17(10-7-14)23-20(28)12-19-25-26-22(27(19)4)30-13-21(29)24-18-11-15(2)5-8-16(18)3/h5-11H,12-13H2,1-4H3,(H,23,28)(H,24,29). The summed E-state index contributed by atoms with van der Waals surface area (Å²) in [7, 11) is 1.79. The summed E-state index contributed by atoms with van der Waals surface area (Å²) >= 11 is 1.28. The van der Waals surface area contributed by atoms with Gasteiger partial charge in [-0.15, -0.1) is 10.2 Å². The van der Waals surface area contributed by atoms with Crippen LogP contribution >= 0.6 is 11.8 Å². The lowest BCUT2D eigenvalue weighted by molar-refractivity contribution is -0.116. The fraction of sp³-hybridized carbons (Fsp3) is 0.273. The van der Waals surface area contributed by atoms with Crippen LogP contribution in [0.2, 0.25) is 0 Å². The molecule has 7 nitrogen and oxygen atoms in total. The Labute approximate surface area is 180 Å². The summed E-state index contributed by atoms with van der Waals surface area (Å²) in [6.07, 6.45) is 0.104. The maximum absolute atomic E-state index is 12.3. The molecule has 0 saturated heterocycles. The van der Waals surface area contributed by atoms with Gasteiger partial charge in [-0.05, 0) is 50.1 Å². The second-order valence-electron chi connectivity index (χ2n) is 7.20. The third-order valence-electron chi connectivity index (χ3n) is 4.58. The minimum absolute atomic E-state index is 0.104. The molecule has 0 fully saturated rings. The molecule has 0 unspecified atom stereocenters. The van der Waals surface area contributed by atoms with Crippen molar-refractivity contribution in [3.8, 4) is 0 Å². The number of thioether (sulfide) groups is 1. The number of hydrogen-bond acceptors (Lipinski definition) is 5. The lowest BCUT2D eigenvalue weighted by Crippen LogP contribution is -2.17. The molecule has 30 heavy (non-hydrogen) atoms. The average Bonchev–Trinajstić information content (AvgIpc) is 3.04. The van der Waals surface area contributed by atoms with Crippen molar-refractivity contribution in [2.45, 2.75) is 32.3 Å². The first kappa shape index (κ1) is 21.6. The predicted octanol–water partition coefficient (Wildman–Crippen LogP) is 3.65. The number of carbonyl (C=O) groups is 2. The van der Waals surface area contributed by atoms with Gasteiger partial charge in [-0.1, -0.05) is 41.6 Å². The van der Waals surface area contributed by atoms with Crippen LogP contribution in [0, 0.1) is 20.8 Å². The van der Waals surface area contributed by atoms with E-state index in [1.807, 2.05) is 63.2 Å². The zero-order valence-electron chi connectivity index (χ0n) is 17.5. The molecule has 0 saturated carbocycles. The van der Waals surface area contributed by atoms with E-state index >= 15 is 0 Å². The van der Waals surface area contributed by atoms with Crippen LogP contribution < -0.4 is 10.6 Å². The highest BCUT2D eigenvalue weighted by atomic mass is 32.2. The molecule has 0 spiro atoms. The molecule has 0 bridgehead atoms. The first-order valence-electron chi connectivity index (χ1n) is 9.56. The first-order valence-corrected chi connectivity index (χ1v) is 10.5. The van der Waals surface area contributed by atoms with Gasteiger partial charge in [-0.2, -0.15) is 0 Å². The molecule has 0 aliphatic heterocycles. The molecule has 3 aromatic rings. The highest BCUT2D eigenvalue weighted by Gasteiger charge is 2.15. The number of amides is 2. The topological polar surface area (TPSA) is 88.9 Å². The van der Waals surface area contributed by atoms with Gasteiger partial charge in [-0.25, -0.2) is 0 Å². The minimum atomic E-state index is -0.168. The molecule has 0 radical (unpaired) electrons. The molecule has 2 amide bonds. The molecule has 2 N–H and O–H groups in total. The van der Waals surface area contributed by atoms with Crippen molar-refractivity contribution in [2.24, 2.45) is 7.05 Å². The zero-order chi connectivity index (χ0) is 21.7. The molecule has 2 aromatic carbocycles. The number of aromatic nitrogens is 3. The monoisotopic (exact) mass is 423 g/mol. The zero-order valence-corrected chi connectivity index (χ0v) is 18.3. The number of benzene rings is 2. The lowest BCUT2D eigenvalue weighted by atomic mass is 10.1. The van der Waals surface area contributed by atoms with E-state index in [1.165, 1.54) is 11.8 Å². The Morgan fingerprint density at radius 3 is 2.37 bits per heavy atom. The van der Waals surface area contributed by atoms with Gasteiger partial charge in [0, 0.05) is 18.4 Å². The Kier molecular flexibility index (Phi) is 6.89. The van der Waals surface area contributed by atoms with Gasteiger partial charge < -0.3 is 15.2 Å². The van der Waals surface area contributed by atoms with Gasteiger partial charge in [0.2, 0.25) is 11.8 Å². The van der Waals surface area contributed by atoms with Crippen LogP contribution in [0.1, 0.15) is 22.5 Å². The Morgan fingerprint density at radius 2 is 1.63 bits per heavy atom. The molecule has 8 heteroatoms. The largest absolute Gasteiger partial charge is 0.326 e. The summed E-state index contributed by atoms with van der Waals surface area (Å²) in [6, 6.07) is 13.5. The highest BCUT2D eigenvalue weighted by Crippen LogP contribution is 2.19. The van der Waals surface area contributed by atoms with Gasteiger partial charge in [0.15, 0.2) is 5.16 Å². The summed E-state index contributed by atoms with van der Waals surface area (Å²) < 4.78 is 1.74. The Bertz CT molecular complexity index is 1060. The van der Waals surface area contributed by atoms with E-state index in [-0.39, 0.29) is 24.0 Å². The molecule has 0 aliphatic carbocycles. The minimum Gasteiger partial charge on any atom is -0.326 e. The van der Waals surface area contributed by atoms with Crippen molar-refractivity contribution >= 4 is 35.0 Å². The Balaban J connectivity index is 1.54. The summed E-state index contributed by atoms with van der Waals surface area (Å²) in [5.41, 5.74) is 4.78. The van der Waals surface area contributed by atoms with Crippen LogP contribution in [0.15, 0.2) is 47.6 Å². The number of nitrogens with one attached hydrogen (secondary N) is 2. The summed E-state index contributed by atoms with van der Waals surface area (Å²) in [6.45, 7) is 5.94. The van der Waals surface area contributed by atoms with E-state index in [0.29, 0.717) is 11.0 Å². The van der Waals surface area contributed by atoms with Crippen molar-refractivity contribution in [1.82, 2.24) is 14.8 Å². The van der Waals surface area contributed by atoms with E-state index in [9.17, 15) is 9.59 Å². The second-order valence-corrected chi connectivity index (χ2v) is 8.15. The molecule has 0 atom stereocenters. The van der Waals surface area contributed by atoms with Crippen LogP contribution in [0.4, 0.5) is 11.4 Å². The van der Waals surface area contributed by atoms with Crippen molar-refractivity contribution in [3.63, 3.8) is 0 Å². The van der Waals surface area contributed by atoms with Crippen molar-refractivity contribution < 1.29 is 9.59 Å². The number of hydrogen-bond donors (Lipinski definition) is 2. The average molecular weight is 424 g/mol. The Morgan fingerprint density at radius 1 is 0.933 bits per heavy atom. The number of carbonyl (C=O) groups excluding carboxylic acids is 2. The summed E-state index contributed by atoms with van der Waals surface area (Å²) in [4.78, 5) is 24.6. The van der Waals surface area contributed by atoms with Crippen molar-refractivity contribution in [2.75, 3.05) is 16.4 Å². The van der Waals surface area contributed by atoms with Crippen LogP contribution in [0.3, 0.4) is 0 Å². The van der Waals surface area contributed by atoms with Gasteiger partial charge in [0.1, 0.15) is 5.82 Å². The lowest BCUT2D eigenvalue weighted by Gasteiger charge is -2.09. The maximum atomic E-state index is 12.3. The number of aryl methyl sites for hydroxylation is 3. The SMILES string of the molecule is Cc1ccc(NC(=O)Cc2nnc(SCC(=O)Nc3cc(C)ccc3C)n2C)cc1. The predicted molar refractivity (Wildman–Crippen MR) is 120 cm³/mol. The van der Waals surface area contributed by atoms with Crippen LogP contribution in [-0.4, -0.2) is 32.3 Å². The number of rotatable bonds is 7. The maximum Gasteiger partial charge on any atom is 0.234 e.